The van der Waals surface area contributed by atoms with Crippen LogP contribution < -0.4 is 20.4 Å². The second-order valence-corrected chi connectivity index (χ2v) is 6.10. The van der Waals surface area contributed by atoms with Gasteiger partial charge < -0.3 is 20.3 Å². The van der Waals surface area contributed by atoms with E-state index in [1.807, 2.05) is 5.32 Å². The van der Waals surface area contributed by atoms with Crippen molar-refractivity contribution < 1.29 is 32.3 Å². The van der Waals surface area contributed by atoms with Crippen LogP contribution in [0.5, 0.6) is 0 Å². The molecule has 0 aromatic heterocycles. The Balaban J connectivity index is 2.03. The molecule has 0 unspecified atom stereocenters. The van der Waals surface area contributed by atoms with Gasteiger partial charge in [0.1, 0.15) is 11.9 Å². The van der Waals surface area contributed by atoms with E-state index in [1.165, 1.54) is 24.0 Å². The zero-order valence-electron chi connectivity index (χ0n) is 15.5. The Kier molecular flexibility index (Phi) is 7.39. The van der Waals surface area contributed by atoms with Crippen LogP contribution in [0, 0.1) is 11.2 Å². The van der Waals surface area contributed by atoms with Crippen LogP contribution in [0.2, 0.25) is 0 Å². The van der Waals surface area contributed by atoms with Crippen LogP contribution in [0.4, 0.5) is 29.3 Å². The highest BCUT2D eigenvalue weighted by molar-refractivity contribution is 5.90. The van der Waals surface area contributed by atoms with Crippen molar-refractivity contribution in [2.75, 3.05) is 36.0 Å². The van der Waals surface area contributed by atoms with E-state index in [1.54, 1.807) is 0 Å². The molecule has 3 amide bonds. The van der Waals surface area contributed by atoms with Crippen LogP contribution in [0.1, 0.15) is 6.92 Å². The summed E-state index contributed by atoms with van der Waals surface area (Å²) in [5, 5.41) is 11.9. The molecule has 9 nitrogen and oxygen atoms in total. The maximum atomic E-state index is 14.5. The summed E-state index contributed by atoms with van der Waals surface area (Å²) < 4.78 is 44.0. The van der Waals surface area contributed by atoms with Gasteiger partial charge in [-0.25, -0.2) is 9.18 Å². The topological polar surface area (TPSA) is 115 Å². The Hall–Kier alpha value is -3.31. The Morgan fingerprint density at radius 2 is 2.14 bits per heavy atom. The summed E-state index contributed by atoms with van der Waals surface area (Å²) in [7, 11) is 0. The molecule has 0 saturated carbocycles. The zero-order chi connectivity index (χ0) is 21.6. The van der Waals surface area contributed by atoms with E-state index in [4.69, 9.17) is 10.1 Å². The van der Waals surface area contributed by atoms with Gasteiger partial charge in [0.25, 0.3) is 5.91 Å². The summed E-state index contributed by atoms with van der Waals surface area (Å²) in [5.41, 5.74) is 0.190. The number of hydrogen-bond acceptors (Lipinski definition) is 5. The molecule has 12 heteroatoms. The summed E-state index contributed by atoms with van der Waals surface area (Å²) in [4.78, 5) is 36.1. The van der Waals surface area contributed by atoms with Crippen molar-refractivity contribution in [2.45, 2.75) is 19.5 Å². The summed E-state index contributed by atoms with van der Waals surface area (Å²) in [6.07, 6.45) is -3.63. The van der Waals surface area contributed by atoms with E-state index in [2.05, 4.69) is 5.32 Å². The fourth-order valence-electron chi connectivity index (χ4n) is 2.62. The van der Waals surface area contributed by atoms with E-state index in [-0.39, 0.29) is 43.5 Å². The number of halogens is 3. The molecule has 1 aromatic rings. The fourth-order valence-corrected chi connectivity index (χ4v) is 2.62. The van der Waals surface area contributed by atoms with Gasteiger partial charge in [-0.05, 0) is 18.2 Å². The van der Waals surface area contributed by atoms with Crippen LogP contribution in [-0.4, -0.2) is 63.0 Å². The van der Waals surface area contributed by atoms with Gasteiger partial charge in [0.2, 0.25) is 5.91 Å². The first-order valence-corrected chi connectivity index (χ1v) is 8.58. The maximum absolute atomic E-state index is 14.5. The molecule has 0 aliphatic carbocycles. The van der Waals surface area contributed by atoms with Gasteiger partial charge in [-0.2, -0.15) is 8.78 Å². The molecule has 1 saturated heterocycles. The van der Waals surface area contributed by atoms with Gasteiger partial charge in [0.15, 0.2) is 0 Å². The molecule has 1 atom stereocenters. The molecule has 2 rings (SSSR count). The summed E-state index contributed by atoms with van der Waals surface area (Å²) in [6, 6.07) is 3.83. The summed E-state index contributed by atoms with van der Waals surface area (Å²) in [5.74, 6) is -2.48. The first-order chi connectivity index (χ1) is 13.7. The average Bonchev–Trinajstić information content (AvgIpc) is 3.04. The lowest BCUT2D eigenvalue weighted by molar-refractivity contribution is -0.131. The van der Waals surface area contributed by atoms with E-state index in [9.17, 15) is 27.6 Å². The minimum atomic E-state index is -3.16. The Morgan fingerprint density at radius 1 is 1.41 bits per heavy atom. The molecule has 1 aromatic carbocycles. The monoisotopic (exact) mass is 415 g/mol. The molecular weight excluding hydrogens is 395 g/mol. The number of carbonyl (C=O) groups excluding carboxylic acids is 3. The lowest BCUT2D eigenvalue weighted by Crippen LogP contribution is -2.37. The summed E-state index contributed by atoms with van der Waals surface area (Å²) in [6.45, 7) is 1.25. The molecule has 1 fully saturated rings. The molecule has 0 radical (unpaired) electrons. The molecule has 1 aliphatic heterocycles. The van der Waals surface area contributed by atoms with Crippen molar-refractivity contribution in [1.82, 2.24) is 10.6 Å². The predicted molar refractivity (Wildman–Crippen MR) is 97.8 cm³/mol. The first kappa shape index (κ1) is 22.0. The van der Waals surface area contributed by atoms with E-state index in [0.29, 0.717) is 0 Å². The Morgan fingerprint density at radius 3 is 2.72 bits per heavy atom. The van der Waals surface area contributed by atoms with Crippen LogP contribution >= 0.6 is 0 Å². The van der Waals surface area contributed by atoms with Crippen molar-refractivity contribution in [2.24, 2.45) is 0 Å². The lowest BCUT2D eigenvalue weighted by atomic mass is 10.2. The van der Waals surface area contributed by atoms with Gasteiger partial charge in [-0.1, -0.05) is 0 Å². The van der Waals surface area contributed by atoms with Crippen molar-refractivity contribution in [1.29, 1.82) is 5.41 Å². The van der Waals surface area contributed by atoms with Gasteiger partial charge in [0.05, 0.1) is 30.8 Å². The van der Waals surface area contributed by atoms with Crippen LogP contribution in [0.15, 0.2) is 18.2 Å². The number of anilines is 2. The number of ether oxygens (including phenoxy) is 1. The Labute approximate surface area is 164 Å². The van der Waals surface area contributed by atoms with E-state index < -0.39 is 30.3 Å². The molecule has 0 bridgehead atoms. The zero-order valence-corrected chi connectivity index (χ0v) is 15.5. The number of carbonyl (C=O) groups is 3. The number of amides is 3. The van der Waals surface area contributed by atoms with Gasteiger partial charge in [0, 0.05) is 20.0 Å². The highest BCUT2D eigenvalue weighted by atomic mass is 19.3. The van der Waals surface area contributed by atoms with Gasteiger partial charge >= 0.3 is 12.5 Å². The average molecular weight is 415 g/mol. The minimum absolute atomic E-state index is 0.0302. The number of rotatable bonds is 9. The minimum Gasteiger partial charge on any atom is -0.442 e. The Bertz CT molecular complexity index is 792. The molecule has 158 valence electrons. The van der Waals surface area contributed by atoms with Crippen molar-refractivity contribution in [3.63, 3.8) is 0 Å². The molecular formula is C17H20F3N5O4. The largest absolute Gasteiger partial charge is 0.442 e. The quantitative estimate of drug-likeness (QED) is 0.413. The standard InChI is InChI=1S/C17H20F3N5O4/c1-10(26)23-7-12-8-25(17(28)29-12)11-2-3-14(13(18)6-11)24(9-21)5-4-22-16(27)15(19)20/h2-3,6,9,12,15,21H,4-5,7-8H2,1H3,(H,22,27)(H,23,26)/t12-/m0/s1. The molecule has 0 spiro atoms. The number of alkyl halides is 2. The second-order valence-electron chi connectivity index (χ2n) is 6.10. The van der Waals surface area contributed by atoms with E-state index >= 15 is 0 Å². The predicted octanol–water partition coefficient (Wildman–Crippen LogP) is 1.08. The normalized spacial score (nSPS) is 15.8. The summed E-state index contributed by atoms with van der Waals surface area (Å²) >= 11 is 0. The van der Waals surface area contributed by atoms with Crippen LogP contribution in [0.3, 0.4) is 0 Å². The highest BCUT2D eigenvalue weighted by Crippen LogP contribution is 2.27. The SMILES string of the molecule is CC(=O)NC[C@H]1CN(c2ccc(N(C=N)CCNC(=O)C(F)F)c(F)c2)C(=O)O1. The number of cyclic esters (lactones) is 1. The molecule has 1 aliphatic rings. The van der Waals surface area contributed by atoms with Crippen LogP contribution in [0.25, 0.3) is 0 Å². The van der Waals surface area contributed by atoms with Crippen molar-refractivity contribution in [3.8, 4) is 0 Å². The number of hydrogen-bond donors (Lipinski definition) is 3. The molecule has 1 heterocycles. The first-order valence-electron chi connectivity index (χ1n) is 8.58. The number of nitrogens with one attached hydrogen (secondary N) is 3. The maximum Gasteiger partial charge on any atom is 0.414 e. The molecule has 29 heavy (non-hydrogen) atoms. The van der Waals surface area contributed by atoms with Crippen molar-refractivity contribution >= 4 is 35.6 Å². The third-order valence-electron chi connectivity index (χ3n) is 4.01. The number of benzene rings is 1. The lowest BCUT2D eigenvalue weighted by Gasteiger charge is -2.21. The van der Waals surface area contributed by atoms with Gasteiger partial charge in [-0.15, -0.1) is 0 Å². The second kappa shape index (κ2) is 9.75. The van der Waals surface area contributed by atoms with Crippen LogP contribution in [-0.2, 0) is 14.3 Å². The third-order valence-corrected chi connectivity index (χ3v) is 4.01. The number of nitrogens with zero attached hydrogens (tertiary/aromatic N) is 2. The van der Waals surface area contributed by atoms with E-state index in [0.717, 1.165) is 17.3 Å². The third kappa shape index (κ3) is 5.83. The fraction of sp³-hybridized carbons (Fsp3) is 0.412. The van der Waals surface area contributed by atoms with Gasteiger partial charge in [-0.3, -0.25) is 19.9 Å². The molecule has 3 N–H and O–H groups in total. The highest BCUT2D eigenvalue weighted by Gasteiger charge is 2.32. The van der Waals surface area contributed by atoms with Crippen molar-refractivity contribution in [3.05, 3.63) is 24.0 Å². The smallest absolute Gasteiger partial charge is 0.414 e.